The minimum absolute atomic E-state index is 0.764. The average Bonchev–Trinajstić information content (AvgIpc) is 2.39. The highest BCUT2D eigenvalue weighted by atomic mass is 15.1. The van der Waals surface area contributed by atoms with E-state index in [2.05, 4.69) is 48.5 Å². The van der Waals surface area contributed by atoms with E-state index in [0.29, 0.717) is 0 Å². The second-order valence-corrected chi connectivity index (χ2v) is 5.72. The number of anilines is 1. The summed E-state index contributed by atoms with van der Waals surface area (Å²) in [5, 5.41) is 3.38. The summed E-state index contributed by atoms with van der Waals surface area (Å²) in [6, 6.07) is 7.01. The van der Waals surface area contributed by atoms with Crippen LogP contribution in [0.4, 0.5) is 5.69 Å². The van der Waals surface area contributed by atoms with Crippen LogP contribution in [0.25, 0.3) is 5.57 Å². The summed E-state index contributed by atoms with van der Waals surface area (Å²) in [4.78, 5) is 2.39. The van der Waals surface area contributed by atoms with Gasteiger partial charge in [0.15, 0.2) is 0 Å². The maximum atomic E-state index is 3.38. The molecule has 0 bridgehead atoms. The lowest BCUT2D eigenvalue weighted by atomic mass is 9.90. The minimum atomic E-state index is 0.764. The summed E-state index contributed by atoms with van der Waals surface area (Å²) < 4.78 is 0. The first-order chi connectivity index (χ1) is 8.74. The number of hydrogen-bond acceptors (Lipinski definition) is 2. The van der Waals surface area contributed by atoms with E-state index in [4.69, 9.17) is 0 Å². The molecule has 2 aliphatic heterocycles. The Bertz CT molecular complexity index is 476. The van der Waals surface area contributed by atoms with Crippen molar-refractivity contribution >= 4 is 11.3 Å². The van der Waals surface area contributed by atoms with Gasteiger partial charge in [-0.2, -0.15) is 0 Å². The fraction of sp³-hybridized carbons (Fsp3) is 0.500. The van der Waals surface area contributed by atoms with E-state index in [0.717, 1.165) is 25.4 Å². The van der Waals surface area contributed by atoms with Crippen LogP contribution in [0.15, 0.2) is 24.3 Å². The fourth-order valence-electron chi connectivity index (χ4n) is 3.21. The average molecular weight is 242 g/mol. The molecule has 0 saturated heterocycles. The van der Waals surface area contributed by atoms with E-state index < -0.39 is 0 Å². The summed E-state index contributed by atoms with van der Waals surface area (Å²) in [6.07, 6.45) is 4.71. The molecule has 3 rings (SSSR count). The molecule has 2 aliphatic rings. The van der Waals surface area contributed by atoms with Gasteiger partial charge in [0, 0.05) is 25.8 Å². The lowest BCUT2D eigenvalue weighted by molar-refractivity contribution is 0.551. The molecule has 96 valence electrons. The maximum Gasteiger partial charge on any atom is 0.0396 e. The molecule has 1 aromatic rings. The minimum Gasteiger partial charge on any atom is -0.374 e. The molecule has 0 saturated carbocycles. The van der Waals surface area contributed by atoms with E-state index in [9.17, 15) is 0 Å². The largest absolute Gasteiger partial charge is 0.374 e. The molecule has 0 spiro atoms. The van der Waals surface area contributed by atoms with Crippen LogP contribution in [0.3, 0.4) is 0 Å². The molecule has 0 radical (unpaired) electrons. The zero-order valence-electron chi connectivity index (χ0n) is 11.4. The molecule has 1 N–H and O–H groups in total. The Labute approximate surface area is 110 Å². The third-order valence-electron chi connectivity index (χ3n) is 4.08. The number of rotatable bonds is 1. The zero-order valence-corrected chi connectivity index (χ0v) is 11.4. The lowest BCUT2D eigenvalue weighted by Crippen LogP contribution is -2.30. The van der Waals surface area contributed by atoms with Crippen LogP contribution >= 0.6 is 0 Å². The fourth-order valence-corrected chi connectivity index (χ4v) is 3.21. The first-order valence-electron chi connectivity index (χ1n) is 6.98. The monoisotopic (exact) mass is 242 g/mol. The van der Waals surface area contributed by atoms with Crippen LogP contribution in [0.1, 0.15) is 24.5 Å². The number of hydrogen-bond donors (Lipinski definition) is 1. The van der Waals surface area contributed by atoms with Crippen LogP contribution in [0, 0.1) is 5.92 Å². The van der Waals surface area contributed by atoms with Crippen molar-refractivity contribution in [2.45, 2.75) is 19.8 Å². The summed E-state index contributed by atoms with van der Waals surface area (Å²) in [5.41, 5.74) is 5.88. The second kappa shape index (κ2) is 4.77. The Morgan fingerprint density at radius 2 is 2.22 bits per heavy atom. The molecule has 1 atom stereocenters. The molecular weight excluding hydrogens is 220 g/mol. The zero-order chi connectivity index (χ0) is 12.5. The normalized spacial score (nSPS) is 23.6. The van der Waals surface area contributed by atoms with Crippen molar-refractivity contribution in [3.05, 3.63) is 35.4 Å². The molecule has 0 aliphatic carbocycles. The van der Waals surface area contributed by atoms with Crippen LogP contribution in [0.2, 0.25) is 0 Å². The van der Waals surface area contributed by atoms with E-state index >= 15 is 0 Å². The third kappa shape index (κ3) is 2.17. The van der Waals surface area contributed by atoms with Gasteiger partial charge in [0.2, 0.25) is 0 Å². The van der Waals surface area contributed by atoms with Crippen LogP contribution in [-0.4, -0.2) is 26.7 Å². The molecule has 0 fully saturated rings. The van der Waals surface area contributed by atoms with Crippen LogP contribution < -0.4 is 10.2 Å². The van der Waals surface area contributed by atoms with Gasteiger partial charge in [0.25, 0.3) is 0 Å². The molecule has 0 amide bonds. The lowest BCUT2D eigenvalue weighted by Gasteiger charge is -2.32. The van der Waals surface area contributed by atoms with Crippen molar-refractivity contribution in [1.82, 2.24) is 5.32 Å². The van der Waals surface area contributed by atoms with Crippen molar-refractivity contribution in [3.63, 3.8) is 0 Å². The summed E-state index contributed by atoms with van der Waals surface area (Å²) in [5.74, 6) is 0.764. The molecule has 0 unspecified atom stereocenters. The van der Waals surface area contributed by atoms with E-state index in [1.807, 2.05) is 0 Å². The van der Waals surface area contributed by atoms with Crippen molar-refractivity contribution in [1.29, 1.82) is 0 Å². The van der Waals surface area contributed by atoms with Gasteiger partial charge in [0.1, 0.15) is 0 Å². The molecule has 0 aromatic heterocycles. The van der Waals surface area contributed by atoms with Gasteiger partial charge in [-0.25, -0.2) is 0 Å². The molecule has 1 aromatic carbocycles. The Hall–Kier alpha value is -1.28. The van der Waals surface area contributed by atoms with Crippen molar-refractivity contribution in [2.75, 3.05) is 31.6 Å². The molecule has 2 nitrogen and oxygen atoms in total. The molecular formula is C16H22N2. The van der Waals surface area contributed by atoms with Crippen LogP contribution in [-0.2, 0) is 6.42 Å². The van der Waals surface area contributed by atoms with Crippen LogP contribution in [0.5, 0.6) is 0 Å². The van der Waals surface area contributed by atoms with Crippen molar-refractivity contribution < 1.29 is 0 Å². The smallest absolute Gasteiger partial charge is 0.0396 e. The Morgan fingerprint density at radius 3 is 3.00 bits per heavy atom. The van der Waals surface area contributed by atoms with Crippen molar-refractivity contribution in [3.8, 4) is 0 Å². The predicted octanol–water partition coefficient (Wildman–Crippen LogP) is 2.69. The van der Waals surface area contributed by atoms with Gasteiger partial charge < -0.3 is 10.2 Å². The van der Waals surface area contributed by atoms with Gasteiger partial charge in [-0.05, 0) is 54.1 Å². The van der Waals surface area contributed by atoms with E-state index in [1.165, 1.54) is 35.4 Å². The highest BCUT2D eigenvalue weighted by molar-refractivity contribution is 5.70. The highest BCUT2D eigenvalue weighted by Gasteiger charge is 2.19. The van der Waals surface area contributed by atoms with Crippen molar-refractivity contribution in [2.24, 2.45) is 5.92 Å². The first-order valence-corrected chi connectivity index (χ1v) is 6.98. The summed E-state index contributed by atoms with van der Waals surface area (Å²) in [6.45, 7) is 5.65. The topological polar surface area (TPSA) is 15.3 Å². The first kappa shape index (κ1) is 11.8. The summed E-state index contributed by atoms with van der Waals surface area (Å²) in [7, 11) is 2.21. The quantitative estimate of drug-likeness (QED) is 0.814. The Balaban J connectivity index is 1.95. The Morgan fingerprint density at radius 1 is 1.33 bits per heavy atom. The molecule has 2 heterocycles. The van der Waals surface area contributed by atoms with E-state index in [1.54, 1.807) is 0 Å². The SMILES string of the molecule is C[C@@H]1Cc2cc(C3=CCNCC3)ccc2N(C)C1. The summed E-state index contributed by atoms with van der Waals surface area (Å²) >= 11 is 0. The number of benzene rings is 1. The van der Waals surface area contributed by atoms with Gasteiger partial charge in [-0.15, -0.1) is 0 Å². The van der Waals surface area contributed by atoms with Gasteiger partial charge in [-0.3, -0.25) is 0 Å². The number of nitrogens with one attached hydrogen (secondary N) is 1. The Kier molecular flexibility index (Phi) is 3.13. The number of nitrogens with zero attached hydrogens (tertiary/aromatic N) is 1. The van der Waals surface area contributed by atoms with Gasteiger partial charge >= 0.3 is 0 Å². The van der Waals surface area contributed by atoms with Gasteiger partial charge in [0.05, 0.1) is 0 Å². The maximum absolute atomic E-state index is 3.38. The molecule has 18 heavy (non-hydrogen) atoms. The predicted molar refractivity (Wildman–Crippen MR) is 78.0 cm³/mol. The third-order valence-corrected chi connectivity index (χ3v) is 4.08. The molecule has 2 heteroatoms. The van der Waals surface area contributed by atoms with Gasteiger partial charge in [-0.1, -0.05) is 19.1 Å². The number of fused-ring (bicyclic) bond motifs is 1. The second-order valence-electron chi connectivity index (χ2n) is 5.72. The highest BCUT2D eigenvalue weighted by Crippen LogP contribution is 2.32. The van der Waals surface area contributed by atoms with E-state index in [-0.39, 0.29) is 0 Å². The standard InChI is InChI=1S/C16H22N2/c1-12-9-15-10-14(13-5-7-17-8-6-13)3-4-16(15)18(2)11-12/h3-5,10,12,17H,6-9,11H2,1-2H3/t12-/m1/s1.